The van der Waals surface area contributed by atoms with Crippen molar-refractivity contribution >= 4 is 0 Å². The fourth-order valence-corrected chi connectivity index (χ4v) is 3.84. The molecule has 0 bridgehead atoms. The third-order valence-corrected chi connectivity index (χ3v) is 5.32. The second-order valence-corrected chi connectivity index (χ2v) is 6.93. The molecule has 1 aliphatic rings. The zero-order chi connectivity index (χ0) is 22.8. The molecule has 3 aromatic rings. The van der Waals surface area contributed by atoms with Crippen LogP contribution in [-0.2, 0) is 0 Å². The quantitative estimate of drug-likeness (QED) is 0.605. The number of fused-ring (bicyclic) bond motifs is 1. The van der Waals surface area contributed by atoms with Gasteiger partial charge in [0.25, 0.3) is 0 Å². The lowest BCUT2D eigenvalue weighted by Gasteiger charge is -2.24. The van der Waals surface area contributed by atoms with E-state index in [2.05, 4.69) is 16.3 Å². The summed E-state index contributed by atoms with van der Waals surface area (Å²) in [6.07, 6.45) is 0. The number of nitriles is 1. The average molecular weight is 434 g/mol. The van der Waals surface area contributed by atoms with E-state index in [4.69, 9.17) is 29.4 Å². The number of hydrogen-bond acceptors (Lipinski definition) is 8. The van der Waals surface area contributed by atoms with Gasteiger partial charge in [0.2, 0.25) is 17.5 Å². The third-order valence-electron chi connectivity index (χ3n) is 5.32. The number of nitrogens with one attached hydrogen (secondary N) is 1. The van der Waals surface area contributed by atoms with Gasteiger partial charge in [0.05, 0.1) is 45.6 Å². The number of allylic oxidation sites excluding steroid dienone is 1. The molecule has 2 heterocycles. The van der Waals surface area contributed by atoms with Crippen LogP contribution in [0.25, 0.3) is 11.3 Å². The maximum absolute atomic E-state index is 9.89. The molecule has 0 saturated heterocycles. The summed E-state index contributed by atoms with van der Waals surface area (Å²) in [7, 11) is 6.21. The molecule has 3 N–H and O–H groups in total. The second kappa shape index (κ2) is 8.43. The largest absolute Gasteiger partial charge is 0.497 e. The Hall–Kier alpha value is -4.32. The van der Waals surface area contributed by atoms with Crippen LogP contribution in [0.15, 0.2) is 47.9 Å². The number of hydrogen-bond donors (Lipinski definition) is 2. The number of ether oxygens (including phenoxy) is 5. The normalized spacial score (nSPS) is 14.8. The zero-order valence-electron chi connectivity index (χ0n) is 18.1. The SMILES string of the molecule is COc1cccc(C2C(C#N)=C(N)Oc3n[nH]c(-c4cc(OC)c(OC)c(OC)c4)c32)c1. The maximum Gasteiger partial charge on any atom is 0.244 e. The van der Waals surface area contributed by atoms with Crippen molar-refractivity contribution in [2.45, 2.75) is 5.92 Å². The fourth-order valence-electron chi connectivity index (χ4n) is 3.84. The molecule has 0 saturated carbocycles. The van der Waals surface area contributed by atoms with E-state index in [1.165, 1.54) is 7.11 Å². The van der Waals surface area contributed by atoms with Gasteiger partial charge in [-0.2, -0.15) is 5.26 Å². The van der Waals surface area contributed by atoms with E-state index in [-0.39, 0.29) is 17.3 Å². The van der Waals surface area contributed by atoms with Crippen LogP contribution >= 0.6 is 0 Å². The number of rotatable bonds is 6. The number of nitrogens with zero attached hydrogens (tertiary/aromatic N) is 2. The van der Waals surface area contributed by atoms with E-state index >= 15 is 0 Å². The molecule has 1 aliphatic heterocycles. The molecule has 2 aromatic carbocycles. The Morgan fingerprint density at radius 3 is 2.34 bits per heavy atom. The lowest BCUT2D eigenvalue weighted by Crippen LogP contribution is -2.21. The summed E-state index contributed by atoms with van der Waals surface area (Å²) >= 11 is 0. The lowest BCUT2D eigenvalue weighted by molar-refractivity contribution is 0.324. The maximum atomic E-state index is 9.89. The Kier molecular flexibility index (Phi) is 5.52. The predicted octanol–water partition coefficient (Wildman–Crippen LogP) is 3.33. The topological polar surface area (TPSA) is 125 Å². The van der Waals surface area contributed by atoms with Crippen molar-refractivity contribution in [3.8, 4) is 46.2 Å². The summed E-state index contributed by atoms with van der Waals surface area (Å²) in [4.78, 5) is 0. The molecule has 1 aromatic heterocycles. The van der Waals surface area contributed by atoms with Crippen molar-refractivity contribution in [2.75, 3.05) is 28.4 Å². The van der Waals surface area contributed by atoms with Crippen molar-refractivity contribution in [1.82, 2.24) is 10.2 Å². The van der Waals surface area contributed by atoms with Crippen molar-refractivity contribution in [3.05, 3.63) is 59.0 Å². The average Bonchev–Trinajstić information content (AvgIpc) is 3.25. The Morgan fingerprint density at radius 2 is 1.75 bits per heavy atom. The number of benzene rings is 2. The Balaban J connectivity index is 1.96. The van der Waals surface area contributed by atoms with Gasteiger partial charge in [-0.25, -0.2) is 0 Å². The molecule has 9 heteroatoms. The second-order valence-electron chi connectivity index (χ2n) is 6.93. The van der Waals surface area contributed by atoms with Gasteiger partial charge in [0.1, 0.15) is 17.4 Å². The van der Waals surface area contributed by atoms with E-state index in [1.54, 1.807) is 33.5 Å². The van der Waals surface area contributed by atoms with Crippen LogP contribution in [-0.4, -0.2) is 38.6 Å². The summed E-state index contributed by atoms with van der Waals surface area (Å²) in [5, 5.41) is 17.2. The van der Waals surface area contributed by atoms with Gasteiger partial charge in [0.15, 0.2) is 11.5 Å². The summed E-state index contributed by atoms with van der Waals surface area (Å²) in [5.41, 5.74) is 9.17. The minimum Gasteiger partial charge on any atom is -0.497 e. The standard InChI is InChI=1S/C23H22N4O5/c1-28-14-7-5-6-12(8-14)18-15(11-24)22(25)32-23-19(18)20(26-27-23)13-9-16(29-2)21(31-4)17(10-13)30-3/h5-10,18H,25H2,1-4H3,(H,26,27). The molecular weight excluding hydrogens is 412 g/mol. The number of methoxy groups -OCH3 is 4. The Morgan fingerprint density at radius 1 is 1.03 bits per heavy atom. The highest BCUT2D eigenvalue weighted by molar-refractivity contribution is 5.75. The Bertz CT molecular complexity index is 1220. The van der Waals surface area contributed by atoms with Crippen LogP contribution in [0.4, 0.5) is 0 Å². The molecule has 0 fully saturated rings. The summed E-state index contributed by atoms with van der Waals surface area (Å²) < 4.78 is 27.5. The fraction of sp³-hybridized carbons (Fsp3) is 0.217. The van der Waals surface area contributed by atoms with Gasteiger partial charge in [-0.15, -0.1) is 5.10 Å². The summed E-state index contributed by atoms with van der Waals surface area (Å²) in [6.45, 7) is 0. The smallest absolute Gasteiger partial charge is 0.244 e. The van der Waals surface area contributed by atoms with Gasteiger partial charge in [-0.3, -0.25) is 5.10 Å². The summed E-state index contributed by atoms with van der Waals surface area (Å²) in [6, 6.07) is 13.2. The number of nitrogens with two attached hydrogens (primary N) is 1. The van der Waals surface area contributed by atoms with Crippen molar-refractivity contribution in [1.29, 1.82) is 5.26 Å². The first-order valence-electron chi connectivity index (χ1n) is 9.66. The van der Waals surface area contributed by atoms with E-state index in [1.807, 2.05) is 24.3 Å². The molecule has 0 amide bonds. The van der Waals surface area contributed by atoms with Crippen LogP contribution in [0, 0.1) is 11.3 Å². The van der Waals surface area contributed by atoms with Gasteiger partial charge >= 0.3 is 0 Å². The van der Waals surface area contributed by atoms with Crippen molar-refractivity contribution in [3.63, 3.8) is 0 Å². The van der Waals surface area contributed by atoms with Crippen LogP contribution < -0.4 is 29.4 Å². The van der Waals surface area contributed by atoms with Crippen LogP contribution in [0.5, 0.6) is 28.9 Å². The van der Waals surface area contributed by atoms with Gasteiger partial charge in [-0.05, 0) is 29.8 Å². The van der Waals surface area contributed by atoms with Gasteiger partial charge in [0, 0.05) is 5.56 Å². The molecular formula is C23H22N4O5. The highest BCUT2D eigenvalue weighted by Gasteiger charge is 2.36. The van der Waals surface area contributed by atoms with Crippen molar-refractivity contribution < 1.29 is 23.7 Å². The third kappa shape index (κ3) is 3.32. The summed E-state index contributed by atoms with van der Waals surface area (Å²) in [5.74, 6) is 1.87. The lowest BCUT2D eigenvalue weighted by atomic mass is 9.83. The first kappa shape index (κ1) is 20.9. The molecule has 0 spiro atoms. The molecule has 1 unspecified atom stereocenters. The predicted molar refractivity (Wildman–Crippen MR) is 116 cm³/mol. The molecule has 32 heavy (non-hydrogen) atoms. The highest BCUT2D eigenvalue weighted by Crippen LogP contribution is 2.48. The Labute approximate surface area is 184 Å². The molecule has 164 valence electrons. The molecule has 1 atom stereocenters. The van der Waals surface area contributed by atoms with E-state index in [9.17, 15) is 5.26 Å². The van der Waals surface area contributed by atoms with Gasteiger partial charge < -0.3 is 29.4 Å². The minimum absolute atomic E-state index is 0.00996. The molecule has 4 rings (SSSR count). The van der Waals surface area contributed by atoms with Gasteiger partial charge in [-0.1, -0.05) is 12.1 Å². The van der Waals surface area contributed by atoms with Crippen molar-refractivity contribution in [2.24, 2.45) is 5.73 Å². The van der Waals surface area contributed by atoms with E-state index in [0.717, 1.165) is 5.56 Å². The zero-order valence-corrected chi connectivity index (χ0v) is 18.1. The number of H-pyrrole nitrogens is 1. The molecule has 0 radical (unpaired) electrons. The van der Waals surface area contributed by atoms with Crippen LogP contribution in [0.2, 0.25) is 0 Å². The minimum atomic E-state index is -0.522. The highest BCUT2D eigenvalue weighted by atomic mass is 16.5. The monoisotopic (exact) mass is 434 g/mol. The number of aromatic amines is 1. The van der Waals surface area contributed by atoms with E-state index < -0.39 is 5.92 Å². The van der Waals surface area contributed by atoms with E-state index in [0.29, 0.717) is 39.8 Å². The molecule has 0 aliphatic carbocycles. The van der Waals surface area contributed by atoms with Crippen LogP contribution in [0.3, 0.4) is 0 Å². The first-order valence-corrected chi connectivity index (χ1v) is 9.66. The number of aromatic nitrogens is 2. The van der Waals surface area contributed by atoms with Crippen LogP contribution in [0.1, 0.15) is 17.0 Å². The first-order chi connectivity index (χ1) is 15.6. The molecule has 9 nitrogen and oxygen atoms in total.